The SMILES string of the molecule is Cc1ccc(CNc2nnc(C3CCCO3)o2)s1. The second-order valence-corrected chi connectivity index (χ2v) is 5.69. The van der Waals surface area contributed by atoms with Gasteiger partial charge >= 0.3 is 6.01 Å². The Morgan fingerprint density at radius 3 is 3.11 bits per heavy atom. The van der Waals surface area contributed by atoms with Gasteiger partial charge in [-0.15, -0.1) is 16.4 Å². The maximum absolute atomic E-state index is 5.54. The molecule has 2 aromatic heterocycles. The molecule has 1 aliphatic heterocycles. The standard InChI is InChI=1S/C12H15N3O2S/c1-8-4-5-9(18-8)7-13-12-15-14-11(17-12)10-3-2-6-16-10/h4-5,10H,2-3,6-7H2,1H3,(H,13,15). The third-order valence-corrected chi connectivity index (χ3v) is 3.86. The van der Waals surface area contributed by atoms with E-state index in [2.05, 4.69) is 34.6 Å². The van der Waals surface area contributed by atoms with Crippen molar-refractivity contribution in [1.82, 2.24) is 10.2 Å². The molecular weight excluding hydrogens is 250 g/mol. The lowest BCUT2D eigenvalue weighted by molar-refractivity contribution is 0.0897. The molecule has 2 aromatic rings. The van der Waals surface area contributed by atoms with Crippen LogP contribution in [0.15, 0.2) is 16.5 Å². The Kier molecular flexibility index (Phi) is 3.29. The molecule has 0 saturated carbocycles. The lowest BCUT2D eigenvalue weighted by Crippen LogP contribution is -1.97. The third-order valence-electron chi connectivity index (χ3n) is 2.86. The molecule has 1 unspecified atom stereocenters. The van der Waals surface area contributed by atoms with E-state index >= 15 is 0 Å². The number of aryl methyl sites for hydroxylation is 1. The number of nitrogens with zero attached hydrogens (tertiary/aromatic N) is 2. The molecule has 1 fully saturated rings. The van der Waals surface area contributed by atoms with Gasteiger partial charge in [0.15, 0.2) is 0 Å². The Morgan fingerprint density at radius 1 is 1.44 bits per heavy atom. The predicted molar refractivity (Wildman–Crippen MR) is 68.6 cm³/mol. The highest BCUT2D eigenvalue weighted by Crippen LogP contribution is 2.28. The summed E-state index contributed by atoms with van der Waals surface area (Å²) in [5, 5.41) is 11.1. The highest BCUT2D eigenvalue weighted by Gasteiger charge is 2.23. The molecule has 1 atom stereocenters. The van der Waals surface area contributed by atoms with Crippen molar-refractivity contribution in [3.63, 3.8) is 0 Å². The summed E-state index contributed by atoms with van der Waals surface area (Å²) < 4.78 is 11.0. The van der Waals surface area contributed by atoms with E-state index in [0.717, 1.165) is 19.4 Å². The smallest absolute Gasteiger partial charge is 0.315 e. The molecule has 0 aliphatic carbocycles. The molecule has 0 aromatic carbocycles. The Hall–Kier alpha value is -1.40. The van der Waals surface area contributed by atoms with Gasteiger partial charge in [-0.1, -0.05) is 5.10 Å². The Bertz CT molecular complexity index is 517. The van der Waals surface area contributed by atoms with Crippen LogP contribution in [0.2, 0.25) is 0 Å². The maximum atomic E-state index is 5.54. The van der Waals surface area contributed by atoms with Crippen molar-refractivity contribution in [1.29, 1.82) is 0 Å². The third kappa shape index (κ3) is 2.54. The van der Waals surface area contributed by atoms with Crippen LogP contribution in [0.25, 0.3) is 0 Å². The molecule has 1 saturated heterocycles. The number of rotatable bonds is 4. The van der Waals surface area contributed by atoms with Crippen LogP contribution in [-0.4, -0.2) is 16.8 Å². The number of anilines is 1. The van der Waals surface area contributed by atoms with Crippen molar-refractivity contribution in [2.45, 2.75) is 32.4 Å². The fourth-order valence-electron chi connectivity index (χ4n) is 1.95. The van der Waals surface area contributed by atoms with E-state index in [0.29, 0.717) is 18.5 Å². The first-order valence-electron chi connectivity index (χ1n) is 6.05. The van der Waals surface area contributed by atoms with Gasteiger partial charge in [0.05, 0.1) is 6.54 Å². The van der Waals surface area contributed by atoms with Gasteiger partial charge in [-0.3, -0.25) is 0 Å². The quantitative estimate of drug-likeness (QED) is 0.921. The van der Waals surface area contributed by atoms with Crippen molar-refractivity contribution in [3.8, 4) is 0 Å². The van der Waals surface area contributed by atoms with Crippen LogP contribution in [0.3, 0.4) is 0 Å². The second-order valence-electron chi connectivity index (χ2n) is 4.31. The molecule has 1 aliphatic rings. The van der Waals surface area contributed by atoms with E-state index in [4.69, 9.17) is 9.15 Å². The van der Waals surface area contributed by atoms with Gasteiger partial charge in [0.1, 0.15) is 6.10 Å². The highest BCUT2D eigenvalue weighted by atomic mass is 32.1. The minimum atomic E-state index is -0.0166. The number of ether oxygens (including phenoxy) is 1. The van der Waals surface area contributed by atoms with E-state index in [9.17, 15) is 0 Å². The van der Waals surface area contributed by atoms with Crippen LogP contribution < -0.4 is 5.32 Å². The lowest BCUT2D eigenvalue weighted by atomic mass is 10.2. The van der Waals surface area contributed by atoms with Crippen LogP contribution in [0.1, 0.15) is 34.6 Å². The first kappa shape index (κ1) is 11.7. The number of nitrogens with one attached hydrogen (secondary N) is 1. The average Bonchev–Trinajstić information content (AvgIpc) is 3.07. The number of thiophene rings is 1. The van der Waals surface area contributed by atoms with E-state index in [-0.39, 0.29) is 6.10 Å². The fourth-order valence-corrected chi connectivity index (χ4v) is 2.78. The summed E-state index contributed by atoms with van der Waals surface area (Å²) in [7, 11) is 0. The zero-order chi connectivity index (χ0) is 12.4. The van der Waals surface area contributed by atoms with Gasteiger partial charge in [0, 0.05) is 16.4 Å². The maximum Gasteiger partial charge on any atom is 0.315 e. The summed E-state index contributed by atoms with van der Waals surface area (Å²) in [4.78, 5) is 2.56. The highest BCUT2D eigenvalue weighted by molar-refractivity contribution is 7.11. The predicted octanol–water partition coefficient (Wildman–Crippen LogP) is 2.90. The molecule has 96 valence electrons. The molecular formula is C12H15N3O2S. The molecule has 0 spiro atoms. The summed E-state index contributed by atoms with van der Waals surface area (Å²) in [6, 6.07) is 4.67. The van der Waals surface area contributed by atoms with Crippen molar-refractivity contribution in [3.05, 3.63) is 27.8 Å². The van der Waals surface area contributed by atoms with Crippen molar-refractivity contribution in [2.75, 3.05) is 11.9 Å². The van der Waals surface area contributed by atoms with E-state index in [1.165, 1.54) is 9.75 Å². The number of aromatic nitrogens is 2. The zero-order valence-electron chi connectivity index (χ0n) is 10.2. The first-order valence-corrected chi connectivity index (χ1v) is 6.87. The average molecular weight is 265 g/mol. The molecule has 0 amide bonds. The largest absolute Gasteiger partial charge is 0.405 e. The fraction of sp³-hybridized carbons (Fsp3) is 0.500. The molecule has 3 rings (SSSR count). The topological polar surface area (TPSA) is 60.2 Å². The summed E-state index contributed by atoms with van der Waals surface area (Å²) in [6.45, 7) is 3.59. The van der Waals surface area contributed by atoms with Gasteiger partial charge in [-0.2, -0.15) is 0 Å². The molecule has 18 heavy (non-hydrogen) atoms. The Balaban J connectivity index is 1.59. The van der Waals surface area contributed by atoms with Crippen molar-refractivity contribution in [2.24, 2.45) is 0 Å². The summed E-state index contributed by atoms with van der Waals surface area (Å²) in [5.41, 5.74) is 0. The van der Waals surface area contributed by atoms with Crippen LogP contribution in [0.5, 0.6) is 0 Å². The zero-order valence-corrected chi connectivity index (χ0v) is 11.0. The molecule has 5 nitrogen and oxygen atoms in total. The van der Waals surface area contributed by atoms with Gasteiger partial charge in [0.2, 0.25) is 5.89 Å². The normalized spacial score (nSPS) is 19.3. The van der Waals surface area contributed by atoms with Crippen LogP contribution in [0, 0.1) is 6.92 Å². The van der Waals surface area contributed by atoms with Gasteiger partial charge < -0.3 is 14.5 Å². The number of hydrogen-bond donors (Lipinski definition) is 1. The molecule has 3 heterocycles. The minimum absolute atomic E-state index is 0.0166. The van der Waals surface area contributed by atoms with Gasteiger partial charge in [0.25, 0.3) is 0 Å². The monoisotopic (exact) mass is 265 g/mol. The van der Waals surface area contributed by atoms with Crippen molar-refractivity contribution < 1.29 is 9.15 Å². The lowest BCUT2D eigenvalue weighted by Gasteiger charge is -2.02. The Labute approximate surface area is 109 Å². The number of hydrogen-bond acceptors (Lipinski definition) is 6. The second kappa shape index (κ2) is 5.07. The van der Waals surface area contributed by atoms with Gasteiger partial charge in [-0.05, 0) is 31.9 Å². The van der Waals surface area contributed by atoms with E-state index < -0.39 is 0 Å². The Morgan fingerprint density at radius 2 is 2.39 bits per heavy atom. The van der Waals surface area contributed by atoms with E-state index in [1.807, 2.05) is 0 Å². The van der Waals surface area contributed by atoms with Gasteiger partial charge in [-0.25, -0.2) is 0 Å². The molecule has 6 heteroatoms. The minimum Gasteiger partial charge on any atom is -0.405 e. The summed E-state index contributed by atoms with van der Waals surface area (Å²) in [5.74, 6) is 0.581. The summed E-state index contributed by atoms with van der Waals surface area (Å²) >= 11 is 1.76. The van der Waals surface area contributed by atoms with Crippen LogP contribution >= 0.6 is 11.3 Å². The summed E-state index contributed by atoms with van der Waals surface area (Å²) in [6.07, 6.45) is 2.01. The van der Waals surface area contributed by atoms with E-state index in [1.54, 1.807) is 11.3 Å². The molecule has 1 N–H and O–H groups in total. The molecule has 0 radical (unpaired) electrons. The molecule has 0 bridgehead atoms. The van der Waals surface area contributed by atoms with Crippen LogP contribution in [-0.2, 0) is 11.3 Å². The van der Waals surface area contributed by atoms with Crippen LogP contribution in [0.4, 0.5) is 6.01 Å². The first-order chi connectivity index (χ1) is 8.81. The van der Waals surface area contributed by atoms with Crippen molar-refractivity contribution >= 4 is 17.4 Å².